The molecule has 2 aliphatic rings. The highest BCUT2D eigenvalue weighted by atomic mass is 16.5. The van der Waals surface area contributed by atoms with E-state index >= 15 is 0 Å². The van der Waals surface area contributed by atoms with E-state index in [1.165, 1.54) is 5.56 Å². The zero-order chi connectivity index (χ0) is 16.4. The quantitative estimate of drug-likeness (QED) is 0.850. The van der Waals surface area contributed by atoms with Crippen molar-refractivity contribution in [2.75, 3.05) is 19.8 Å². The van der Waals surface area contributed by atoms with Crippen LogP contribution < -0.4 is 4.74 Å². The van der Waals surface area contributed by atoms with Crippen LogP contribution in [0.15, 0.2) is 36.7 Å². The van der Waals surface area contributed by atoms with Gasteiger partial charge < -0.3 is 9.47 Å². The van der Waals surface area contributed by atoms with Gasteiger partial charge in [0.15, 0.2) is 0 Å². The van der Waals surface area contributed by atoms with E-state index < -0.39 is 0 Å². The van der Waals surface area contributed by atoms with Gasteiger partial charge in [0.25, 0.3) is 0 Å². The van der Waals surface area contributed by atoms with Crippen molar-refractivity contribution >= 4 is 0 Å². The Morgan fingerprint density at radius 3 is 2.67 bits per heavy atom. The van der Waals surface area contributed by atoms with E-state index in [0.717, 1.165) is 62.8 Å². The maximum Gasteiger partial charge on any atom is 0.126 e. The number of nitrogens with zero attached hydrogens (tertiary/aromatic N) is 3. The Balaban J connectivity index is 1.62. The second-order valence-corrected chi connectivity index (χ2v) is 6.79. The lowest BCUT2D eigenvalue weighted by Gasteiger charge is -2.39. The second kappa shape index (κ2) is 6.49. The minimum absolute atomic E-state index is 0.156. The lowest BCUT2D eigenvalue weighted by Crippen LogP contribution is -2.49. The van der Waals surface area contributed by atoms with Gasteiger partial charge in [0.1, 0.15) is 17.2 Å². The van der Waals surface area contributed by atoms with Gasteiger partial charge in [0.05, 0.1) is 13.2 Å². The molecule has 1 aromatic carbocycles. The van der Waals surface area contributed by atoms with Gasteiger partial charge in [-0.2, -0.15) is 0 Å². The van der Waals surface area contributed by atoms with Gasteiger partial charge in [-0.1, -0.05) is 18.2 Å². The van der Waals surface area contributed by atoms with Gasteiger partial charge in [-0.25, -0.2) is 9.97 Å². The number of rotatable bonds is 2. The zero-order valence-electron chi connectivity index (χ0n) is 14.1. The van der Waals surface area contributed by atoms with Crippen molar-refractivity contribution in [3.8, 4) is 5.75 Å². The summed E-state index contributed by atoms with van der Waals surface area (Å²) in [5, 5.41) is 0. The molecule has 1 spiro atoms. The standard InChI is InChI=1S/C19H23N3O2/c1-15-20-10-16(11-21-15)12-22-13-17-4-2-3-5-18(17)24-19(14-22)6-8-23-9-7-19/h2-5,10-11H,6-9,12-14H2,1H3. The number of fused-ring (bicyclic) bond motifs is 1. The lowest BCUT2D eigenvalue weighted by molar-refractivity contribution is -0.0594. The van der Waals surface area contributed by atoms with Crippen molar-refractivity contribution in [2.45, 2.75) is 38.5 Å². The fourth-order valence-electron chi connectivity index (χ4n) is 3.58. The first kappa shape index (κ1) is 15.5. The molecule has 0 bridgehead atoms. The second-order valence-electron chi connectivity index (χ2n) is 6.79. The maximum absolute atomic E-state index is 6.52. The van der Waals surface area contributed by atoms with Crippen molar-refractivity contribution < 1.29 is 9.47 Å². The molecule has 4 rings (SSSR count). The summed E-state index contributed by atoms with van der Waals surface area (Å²) in [7, 11) is 0. The molecular weight excluding hydrogens is 302 g/mol. The molecule has 126 valence electrons. The summed E-state index contributed by atoms with van der Waals surface area (Å²) in [6.07, 6.45) is 5.72. The molecule has 0 N–H and O–H groups in total. The number of aryl methyl sites for hydroxylation is 1. The predicted octanol–water partition coefficient (Wildman–Crippen LogP) is 2.73. The van der Waals surface area contributed by atoms with Crippen LogP contribution in [0.5, 0.6) is 5.75 Å². The first-order valence-corrected chi connectivity index (χ1v) is 8.57. The SMILES string of the molecule is Cc1ncc(CN2Cc3ccccc3OC3(CCOCC3)C2)cn1. The minimum atomic E-state index is -0.156. The van der Waals surface area contributed by atoms with Crippen LogP contribution in [-0.2, 0) is 17.8 Å². The maximum atomic E-state index is 6.52. The highest BCUT2D eigenvalue weighted by Crippen LogP contribution is 2.35. The summed E-state index contributed by atoms with van der Waals surface area (Å²) in [5.74, 6) is 1.83. The predicted molar refractivity (Wildman–Crippen MR) is 90.7 cm³/mol. The Kier molecular flexibility index (Phi) is 4.21. The molecule has 2 aromatic rings. The third kappa shape index (κ3) is 3.28. The fourth-order valence-corrected chi connectivity index (χ4v) is 3.58. The molecule has 0 aliphatic carbocycles. The van der Waals surface area contributed by atoms with Crippen LogP contribution in [0.2, 0.25) is 0 Å². The Hall–Kier alpha value is -1.98. The average molecular weight is 325 g/mol. The summed E-state index contributed by atoms with van der Waals surface area (Å²) in [4.78, 5) is 11.1. The molecular formula is C19H23N3O2. The van der Waals surface area contributed by atoms with Gasteiger partial charge >= 0.3 is 0 Å². The van der Waals surface area contributed by atoms with Crippen LogP contribution in [0.1, 0.15) is 29.8 Å². The first-order chi connectivity index (χ1) is 11.7. The molecule has 5 heteroatoms. The van der Waals surface area contributed by atoms with Crippen molar-refractivity contribution in [3.63, 3.8) is 0 Å². The third-order valence-corrected chi connectivity index (χ3v) is 4.85. The van der Waals surface area contributed by atoms with Crippen molar-refractivity contribution in [3.05, 3.63) is 53.6 Å². The van der Waals surface area contributed by atoms with Crippen molar-refractivity contribution in [1.29, 1.82) is 0 Å². The van der Waals surface area contributed by atoms with E-state index in [1.54, 1.807) is 0 Å². The Labute approximate surface area is 142 Å². The molecule has 1 saturated heterocycles. The average Bonchev–Trinajstić information content (AvgIpc) is 2.73. The van der Waals surface area contributed by atoms with Crippen LogP contribution in [-0.4, -0.2) is 40.2 Å². The van der Waals surface area contributed by atoms with Crippen LogP contribution in [0, 0.1) is 6.92 Å². The van der Waals surface area contributed by atoms with Crippen molar-refractivity contribution in [2.24, 2.45) is 0 Å². The molecule has 0 atom stereocenters. The van der Waals surface area contributed by atoms with Gasteiger partial charge in [0.2, 0.25) is 0 Å². The van der Waals surface area contributed by atoms with Crippen LogP contribution in [0.3, 0.4) is 0 Å². The Bertz CT molecular complexity index is 696. The molecule has 2 aliphatic heterocycles. The molecule has 0 unspecified atom stereocenters. The fraction of sp³-hybridized carbons (Fsp3) is 0.474. The van der Waals surface area contributed by atoms with E-state index in [0.29, 0.717) is 0 Å². The topological polar surface area (TPSA) is 47.5 Å². The number of ether oxygens (including phenoxy) is 2. The number of aromatic nitrogens is 2. The number of benzene rings is 1. The van der Waals surface area contributed by atoms with Gasteiger partial charge in [-0.15, -0.1) is 0 Å². The molecule has 0 radical (unpaired) electrons. The summed E-state index contributed by atoms with van der Waals surface area (Å²) in [5.41, 5.74) is 2.23. The molecule has 1 fully saturated rings. The van der Waals surface area contributed by atoms with Crippen LogP contribution >= 0.6 is 0 Å². The molecule has 24 heavy (non-hydrogen) atoms. The van der Waals surface area contributed by atoms with E-state index in [4.69, 9.17) is 9.47 Å². The van der Waals surface area contributed by atoms with E-state index in [2.05, 4.69) is 39.1 Å². The molecule has 0 saturated carbocycles. The monoisotopic (exact) mass is 325 g/mol. The smallest absolute Gasteiger partial charge is 0.126 e. The van der Waals surface area contributed by atoms with Crippen LogP contribution in [0.25, 0.3) is 0 Å². The highest BCUT2D eigenvalue weighted by Gasteiger charge is 2.39. The largest absolute Gasteiger partial charge is 0.485 e. The van der Waals surface area contributed by atoms with Gasteiger partial charge in [-0.3, -0.25) is 4.90 Å². The summed E-state index contributed by atoms with van der Waals surface area (Å²) in [6.45, 7) is 6.07. The van der Waals surface area contributed by atoms with Crippen LogP contribution in [0.4, 0.5) is 0 Å². The first-order valence-electron chi connectivity index (χ1n) is 8.57. The van der Waals surface area contributed by atoms with Crippen molar-refractivity contribution in [1.82, 2.24) is 14.9 Å². The number of para-hydroxylation sites is 1. The Morgan fingerprint density at radius 2 is 1.88 bits per heavy atom. The normalized spacial score (nSPS) is 20.2. The summed E-state index contributed by atoms with van der Waals surface area (Å²) in [6, 6.07) is 8.38. The van der Waals surface area contributed by atoms with Gasteiger partial charge in [0, 0.05) is 56.0 Å². The van der Waals surface area contributed by atoms with E-state index in [-0.39, 0.29) is 5.60 Å². The molecule has 5 nitrogen and oxygen atoms in total. The minimum Gasteiger partial charge on any atom is -0.485 e. The molecule has 0 amide bonds. The molecule has 3 heterocycles. The van der Waals surface area contributed by atoms with Gasteiger partial charge in [-0.05, 0) is 13.0 Å². The summed E-state index contributed by atoms with van der Waals surface area (Å²) >= 11 is 0. The summed E-state index contributed by atoms with van der Waals surface area (Å²) < 4.78 is 12.1. The van der Waals surface area contributed by atoms with E-state index in [9.17, 15) is 0 Å². The lowest BCUT2D eigenvalue weighted by atomic mass is 9.93. The molecule has 1 aromatic heterocycles. The number of hydrogen-bond acceptors (Lipinski definition) is 5. The third-order valence-electron chi connectivity index (χ3n) is 4.85. The Morgan fingerprint density at radius 1 is 1.12 bits per heavy atom. The van der Waals surface area contributed by atoms with E-state index in [1.807, 2.05) is 19.3 Å². The number of hydrogen-bond donors (Lipinski definition) is 0. The zero-order valence-corrected chi connectivity index (χ0v) is 14.1. The highest BCUT2D eigenvalue weighted by molar-refractivity contribution is 5.35.